The summed E-state index contributed by atoms with van der Waals surface area (Å²) >= 11 is 0. The molecule has 7 rings (SSSR count). The lowest BCUT2D eigenvalue weighted by Crippen LogP contribution is -2.51. The molecule has 1 aromatic heterocycles. The Bertz CT molecular complexity index is 1810. The smallest absolute Gasteiger partial charge is 0.296 e. The Hall–Kier alpha value is -4.31. The van der Waals surface area contributed by atoms with Gasteiger partial charge in [-0.1, -0.05) is 56.3 Å². The van der Waals surface area contributed by atoms with Crippen molar-refractivity contribution in [2.45, 2.75) is 31.6 Å². The van der Waals surface area contributed by atoms with Gasteiger partial charge in [0.1, 0.15) is 11.4 Å². The fourth-order valence-corrected chi connectivity index (χ4v) is 6.87. The van der Waals surface area contributed by atoms with E-state index in [1.165, 1.54) is 16.7 Å². The van der Waals surface area contributed by atoms with Crippen molar-refractivity contribution in [1.29, 1.82) is 0 Å². The number of carbonyl (C=O) groups excluding carboxylic acids is 2. The van der Waals surface area contributed by atoms with Crippen LogP contribution in [0.3, 0.4) is 0 Å². The number of carbonyl (C=O) groups is 2. The van der Waals surface area contributed by atoms with Gasteiger partial charge in [-0.3, -0.25) is 24.3 Å². The predicted octanol–water partition coefficient (Wildman–Crippen LogP) is 4.40. The normalized spacial score (nSPS) is 25.2. The Labute approximate surface area is 226 Å². The van der Waals surface area contributed by atoms with E-state index in [1.54, 1.807) is 48.5 Å². The van der Waals surface area contributed by atoms with Crippen molar-refractivity contribution in [3.63, 3.8) is 0 Å². The SMILES string of the molecule is CC(C)C1NC2(c3ccccc3-n3c2nc2ccccc2c3=O)[C@H]2C(=O)N(c3ccccc3C(F)(F)F)C(=O)[C@@H]12. The molecule has 2 saturated heterocycles. The van der Waals surface area contributed by atoms with Crippen molar-refractivity contribution < 1.29 is 22.8 Å². The number of imide groups is 1. The molecule has 3 aromatic carbocycles. The van der Waals surface area contributed by atoms with Gasteiger partial charge < -0.3 is 0 Å². The van der Waals surface area contributed by atoms with E-state index in [9.17, 15) is 27.6 Å². The van der Waals surface area contributed by atoms with E-state index in [4.69, 9.17) is 4.98 Å². The maximum Gasteiger partial charge on any atom is 0.418 e. The number of para-hydroxylation sites is 3. The van der Waals surface area contributed by atoms with Crippen molar-refractivity contribution in [3.8, 4) is 5.69 Å². The Balaban J connectivity index is 1.53. The van der Waals surface area contributed by atoms with Crippen LogP contribution in [-0.2, 0) is 21.3 Å². The molecule has 1 spiro atoms. The van der Waals surface area contributed by atoms with Crippen molar-refractivity contribution >= 4 is 28.4 Å². The summed E-state index contributed by atoms with van der Waals surface area (Å²) < 4.78 is 43.5. The maximum absolute atomic E-state index is 14.4. The minimum absolute atomic E-state index is 0.171. The highest BCUT2D eigenvalue weighted by Gasteiger charge is 2.70. The van der Waals surface area contributed by atoms with E-state index < -0.39 is 52.7 Å². The molecule has 4 heterocycles. The van der Waals surface area contributed by atoms with Crippen molar-refractivity contribution in [2.24, 2.45) is 17.8 Å². The van der Waals surface area contributed by atoms with Crippen LogP contribution >= 0.6 is 0 Å². The van der Waals surface area contributed by atoms with E-state index >= 15 is 0 Å². The molecule has 10 heteroatoms. The van der Waals surface area contributed by atoms with E-state index in [2.05, 4.69) is 5.32 Å². The molecule has 3 aliphatic heterocycles. The van der Waals surface area contributed by atoms with E-state index in [1.807, 2.05) is 13.8 Å². The van der Waals surface area contributed by atoms with Gasteiger partial charge in [-0.15, -0.1) is 0 Å². The number of rotatable bonds is 2. The van der Waals surface area contributed by atoms with Gasteiger partial charge in [0.2, 0.25) is 11.8 Å². The van der Waals surface area contributed by atoms with Crippen LogP contribution in [0.1, 0.15) is 30.8 Å². The quantitative estimate of drug-likeness (QED) is 0.379. The van der Waals surface area contributed by atoms with E-state index in [0.717, 1.165) is 12.1 Å². The number of amides is 2. The molecule has 2 unspecified atom stereocenters. The average molecular weight is 545 g/mol. The number of aromatic nitrogens is 2. The third-order valence-electron chi connectivity index (χ3n) is 8.47. The second-order valence-electron chi connectivity index (χ2n) is 10.9. The molecule has 1 N–H and O–H groups in total. The van der Waals surface area contributed by atoms with Gasteiger partial charge in [-0.25, -0.2) is 9.88 Å². The van der Waals surface area contributed by atoms with Gasteiger partial charge in [0.25, 0.3) is 5.56 Å². The molecule has 40 heavy (non-hydrogen) atoms. The first kappa shape index (κ1) is 24.7. The summed E-state index contributed by atoms with van der Waals surface area (Å²) in [6.07, 6.45) is -4.78. The Kier molecular flexibility index (Phi) is 5.01. The molecule has 0 radical (unpaired) electrons. The van der Waals surface area contributed by atoms with Crippen LogP contribution in [0.4, 0.5) is 18.9 Å². The third-order valence-corrected chi connectivity index (χ3v) is 8.47. The van der Waals surface area contributed by atoms with Crippen LogP contribution in [-0.4, -0.2) is 27.4 Å². The molecule has 7 nitrogen and oxygen atoms in total. The number of fused-ring (bicyclic) bond motifs is 8. The largest absolute Gasteiger partial charge is 0.418 e. The molecule has 202 valence electrons. The lowest BCUT2D eigenvalue weighted by atomic mass is 9.75. The van der Waals surface area contributed by atoms with Crippen molar-refractivity contribution in [3.05, 3.63) is 100 Å². The molecule has 3 aliphatic rings. The van der Waals surface area contributed by atoms with Crippen LogP contribution in [0.25, 0.3) is 16.6 Å². The van der Waals surface area contributed by atoms with Gasteiger partial charge in [0, 0.05) is 11.6 Å². The monoisotopic (exact) mass is 544 g/mol. The number of nitrogens with one attached hydrogen (secondary N) is 1. The number of hydrogen-bond donors (Lipinski definition) is 1. The highest BCUT2D eigenvalue weighted by Crippen LogP contribution is 2.57. The first-order valence-corrected chi connectivity index (χ1v) is 13.0. The van der Waals surface area contributed by atoms with Crippen molar-refractivity contribution in [2.75, 3.05) is 4.90 Å². The van der Waals surface area contributed by atoms with Gasteiger partial charge in [-0.05, 0) is 36.2 Å². The maximum atomic E-state index is 14.4. The van der Waals surface area contributed by atoms with Gasteiger partial charge in [-0.2, -0.15) is 13.2 Å². The number of anilines is 1. The molecular weight excluding hydrogens is 521 g/mol. The highest BCUT2D eigenvalue weighted by atomic mass is 19.4. The zero-order chi connectivity index (χ0) is 28.1. The number of nitrogens with zero attached hydrogens (tertiary/aromatic N) is 3. The molecule has 2 amide bonds. The summed E-state index contributed by atoms with van der Waals surface area (Å²) in [7, 11) is 0. The molecule has 0 saturated carbocycles. The zero-order valence-corrected chi connectivity index (χ0v) is 21.4. The van der Waals surface area contributed by atoms with Gasteiger partial charge in [0.15, 0.2) is 0 Å². The summed E-state index contributed by atoms with van der Waals surface area (Å²) in [5.41, 5.74) is -1.76. The minimum Gasteiger partial charge on any atom is -0.296 e. The van der Waals surface area contributed by atoms with Crippen molar-refractivity contribution in [1.82, 2.24) is 14.9 Å². The predicted molar refractivity (Wildman–Crippen MR) is 141 cm³/mol. The second-order valence-corrected chi connectivity index (χ2v) is 10.9. The summed E-state index contributed by atoms with van der Waals surface area (Å²) in [5, 5.41) is 3.93. The van der Waals surface area contributed by atoms with Crippen LogP contribution in [0.5, 0.6) is 0 Å². The fraction of sp³-hybridized carbons (Fsp3) is 0.267. The fourth-order valence-electron chi connectivity index (χ4n) is 6.87. The number of halogens is 3. The standard InChI is InChI=1S/C30H23F3N4O3/c1-15(2)24-22-23(27(40)36(26(22)39)21-14-8-5-11-18(21)30(31,32)33)29(35-24)17-10-4-7-13-20(17)37-25(38)16-9-3-6-12-19(16)34-28(29)37/h3-15,22-24,35H,1-2H3/t22-,23-,24?,29?/m1/s1. The lowest BCUT2D eigenvalue weighted by molar-refractivity contribution is -0.137. The highest BCUT2D eigenvalue weighted by molar-refractivity contribution is 6.23. The summed E-state index contributed by atoms with van der Waals surface area (Å²) in [4.78, 5) is 47.8. The van der Waals surface area contributed by atoms with E-state index in [0.29, 0.717) is 27.1 Å². The Morgan fingerprint density at radius 3 is 2.25 bits per heavy atom. The van der Waals surface area contributed by atoms with Crippen LogP contribution in [0.2, 0.25) is 0 Å². The van der Waals surface area contributed by atoms with Crippen LogP contribution in [0.15, 0.2) is 77.6 Å². The topological polar surface area (TPSA) is 84.3 Å². The summed E-state index contributed by atoms with van der Waals surface area (Å²) in [6.45, 7) is 3.78. The average Bonchev–Trinajstić information content (AvgIpc) is 3.52. The number of hydrogen-bond acceptors (Lipinski definition) is 5. The van der Waals surface area contributed by atoms with Crippen LogP contribution < -0.4 is 15.8 Å². The number of alkyl halides is 3. The second kappa shape index (κ2) is 8.11. The molecule has 4 aromatic rings. The first-order chi connectivity index (χ1) is 19.1. The Morgan fingerprint density at radius 1 is 0.875 bits per heavy atom. The van der Waals surface area contributed by atoms with E-state index in [-0.39, 0.29) is 17.3 Å². The summed E-state index contributed by atoms with van der Waals surface area (Å²) in [5.74, 6) is -3.48. The Morgan fingerprint density at radius 2 is 1.52 bits per heavy atom. The molecule has 4 atom stereocenters. The molecule has 2 fully saturated rings. The number of benzene rings is 3. The summed E-state index contributed by atoms with van der Waals surface area (Å²) in [6, 6.07) is 18.0. The van der Waals surface area contributed by atoms with Crippen LogP contribution in [0, 0.1) is 17.8 Å². The molecule has 0 bridgehead atoms. The molecule has 0 aliphatic carbocycles. The lowest BCUT2D eigenvalue weighted by Gasteiger charge is -2.32. The molecular formula is C30H23F3N4O3. The van der Waals surface area contributed by atoms with Gasteiger partial charge in [0.05, 0.1) is 39.7 Å². The minimum atomic E-state index is -4.78. The van der Waals surface area contributed by atoms with Gasteiger partial charge >= 0.3 is 6.18 Å². The first-order valence-electron chi connectivity index (χ1n) is 13.0. The zero-order valence-electron chi connectivity index (χ0n) is 21.4. The third kappa shape index (κ3) is 2.99.